The predicted molar refractivity (Wildman–Crippen MR) is 105 cm³/mol. The van der Waals surface area contributed by atoms with E-state index in [4.69, 9.17) is 22.7 Å². The summed E-state index contributed by atoms with van der Waals surface area (Å²) in [4.78, 5) is 13.3. The van der Waals surface area contributed by atoms with Crippen LogP contribution in [0.3, 0.4) is 0 Å². The summed E-state index contributed by atoms with van der Waals surface area (Å²) in [5, 5.41) is 9.19. The minimum atomic E-state index is 0.134. The Balaban J connectivity index is 2.34. The fourth-order valence-electron chi connectivity index (χ4n) is 3.16. The standard InChI is InChI=1S/C20H27NO3S/c21-10-12-24-19-8-2-1-7-18(19)16-13-15(5-4-11-22)20(25)9-3-6-17(23)14-16/h1-2,7-8,14-15,22H,3-6,9-13,21H2. The fraction of sp³-hybridized carbons (Fsp3) is 0.500. The van der Waals surface area contributed by atoms with Gasteiger partial charge in [0.15, 0.2) is 5.78 Å². The van der Waals surface area contributed by atoms with Crippen LogP contribution in [-0.2, 0) is 4.79 Å². The number of thiocarbonyl (C=S) groups is 1. The number of allylic oxidation sites excluding steroid dienone is 2. The quantitative estimate of drug-likeness (QED) is 0.729. The molecule has 0 bridgehead atoms. The molecule has 1 aromatic rings. The van der Waals surface area contributed by atoms with Gasteiger partial charge in [-0.25, -0.2) is 0 Å². The van der Waals surface area contributed by atoms with Crippen molar-refractivity contribution in [1.82, 2.24) is 0 Å². The number of para-hydroxylation sites is 1. The Hall–Kier alpha value is -1.56. The number of aliphatic hydroxyl groups is 1. The second-order valence-corrected chi connectivity index (χ2v) is 6.88. The van der Waals surface area contributed by atoms with Crippen LogP contribution in [0.5, 0.6) is 5.75 Å². The van der Waals surface area contributed by atoms with Crippen LogP contribution in [0.25, 0.3) is 5.57 Å². The number of benzene rings is 1. The first-order chi connectivity index (χ1) is 12.2. The summed E-state index contributed by atoms with van der Waals surface area (Å²) < 4.78 is 5.77. The minimum Gasteiger partial charge on any atom is -0.492 e. The summed E-state index contributed by atoms with van der Waals surface area (Å²) >= 11 is 5.62. The van der Waals surface area contributed by atoms with Gasteiger partial charge in [-0.05, 0) is 60.6 Å². The van der Waals surface area contributed by atoms with Crippen molar-refractivity contribution in [2.45, 2.75) is 38.5 Å². The van der Waals surface area contributed by atoms with Crippen LogP contribution in [-0.4, -0.2) is 35.5 Å². The number of ether oxygens (including phenoxy) is 1. The molecule has 5 heteroatoms. The van der Waals surface area contributed by atoms with Crippen molar-refractivity contribution in [3.05, 3.63) is 35.9 Å². The molecule has 4 nitrogen and oxygen atoms in total. The highest BCUT2D eigenvalue weighted by Crippen LogP contribution is 2.34. The maximum Gasteiger partial charge on any atom is 0.155 e. The Bertz CT molecular complexity index is 627. The average molecular weight is 362 g/mol. The monoisotopic (exact) mass is 361 g/mol. The topological polar surface area (TPSA) is 72.5 Å². The van der Waals surface area contributed by atoms with Gasteiger partial charge in [-0.3, -0.25) is 4.79 Å². The maximum atomic E-state index is 12.3. The highest BCUT2D eigenvalue weighted by molar-refractivity contribution is 7.80. The van der Waals surface area contributed by atoms with Crippen molar-refractivity contribution in [2.75, 3.05) is 19.8 Å². The SMILES string of the molecule is NCCOc1ccccc1C1=CC(=O)CCCC(=S)C(CCCO)C1. The molecule has 1 aliphatic carbocycles. The normalized spacial score (nSPS) is 19.0. The predicted octanol–water partition coefficient (Wildman–Crippen LogP) is 3.31. The summed E-state index contributed by atoms with van der Waals surface area (Å²) in [6.45, 7) is 1.04. The Morgan fingerprint density at radius 3 is 2.84 bits per heavy atom. The number of aliphatic hydroxyl groups excluding tert-OH is 1. The van der Waals surface area contributed by atoms with Gasteiger partial charge in [-0.15, -0.1) is 0 Å². The number of hydrogen-bond acceptors (Lipinski definition) is 5. The Morgan fingerprint density at radius 1 is 1.28 bits per heavy atom. The lowest BCUT2D eigenvalue weighted by atomic mass is 9.87. The fourth-order valence-corrected chi connectivity index (χ4v) is 3.51. The average Bonchev–Trinajstić information content (AvgIpc) is 2.68. The van der Waals surface area contributed by atoms with Crippen LogP contribution in [0.1, 0.15) is 44.1 Å². The molecule has 1 atom stereocenters. The molecule has 0 saturated heterocycles. The number of hydrogen-bond donors (Lipinski definition) is 2. The number of rotatable bonds is 7. The summed E-state index contributed by atoms with van der Waals surface area (Å²) in [6.07, 6.45) is 6.12. The van der Waals surface area contributed by atoms with Gasteiger partial charge >= 0.3 is 0 Å². The molecule has 0 spiro atoms. The van der Waals surface area contributed by atoms with Gasteiger partial charge in [-0.1, -0.05) is 30.4 Å². The number of carbonyl (C=O) groups excluding carboxylic acids is 1. The molecule has 0 heterocycles. The first-order valence-electron chi connectivity index (χ1n) is 8.95. The molecule has 3 N–H and O–H groups in total. The third kappa shape index (κ3) is 6.03. The zero-order chi connectivity index (χ0) is 18.1. The van der Waals surface area contributed by atoms with Crippen molar-refractivity contribution in [3.63, 3.8) is 0 Å². The highest BCUT2D eigenvalue weighted by Gasteiger charge is 2.21. The van der Waals surface area contributed by atoms with Crippen molar-refractivity contribution >= 4 is 28.4 Å². The van der Waals surface area contributed by atoms with E-state index in [-0.39, 0.29) is 18.3 Å². The van der Waals surface area contributed by atoms with Crippen molar-refractivity contribution in [2.24, 2.45) is 11.7 Å². The minimum absolute atomic E-state index is 0.134. The zero-order valence-corrected chi connectivity index (χ0v) is 15.4. The summed E-state index contributed by atoms with van der Waals surface area (Å²) in [5.41, 5.74) is 7.45. The van der Waals surface area contributed by atoms with Crippen LogP contribution in [0.2, 0.25) is 0 Å². The molecule has 136 valence electrons. The smallest absolute Gasteiger partial charge is 0.155 e. The zero-order valence-electron chi connectivity index (χ0n) is 14.6. The third-order valence-corrected chi connectivity index (χ3v) is 4.96. The van der Waals surface area contributed by atoms with Gasteiger partial charge in [0.1, 0.15) is 12.4 Å². The molecule has 1 aliphatic rings. The molecule has 0 saturated carbocycles. The van der Waals surface area contributed by atoms with Crippen LogP contribution >= 0.6 is 12.2 Å². The van der Waals surface area contributed by atoms with Gasteiger partial charge in [0, 0.05) is 25.1 Å². The van der Waals surface area contributed by atoms with Crippen LogP contribution in [0, 0.1) is 5.92 Å². The number of carbonyl (C=O) groups is 1. The van der Waals surface area contributed by atoms with Crippen molar-refractivity contribution in [3.8, 4) is 5.75 Å². The Kier molecular flexibility index (Phi) is 8.25. The van der Waals surface area contributed by atoms with E-state index in [0.29, 0.717) is 26.0 Å². The van der Waals surface area contributed by atoms with E-state index in [0.717, 1.165) is 47.4 Å². The van der Waals surface area contributed by atoms with E-state index in [1.54, 1.807) is 6.08 Å². The van der Waals surface area contributed by atoms with Crippen molar-refractivity contribution in [1.29, 1.82) is 0 Å². The molecule has 0 radical (unpaired) electrons. The van der Waals surface area contributed by atoms with E-state index >= 15 is 0 Å². The van der Waals surface area contributed by atoms with Crippen LogP contribution in [0.4, 0.5) is 0 Å². The van der Waals surface area contributed by atoms with E-state index in [1.165, 1.54) is 0 Å². The molecule has 2 rings (SSSR count). The van der Waals surface area contributed by atoms with E-state index in [1.807, 2.05) is 24.3 Å². The second-order valence-electron chi connectivity index (χ2n) is 6.36. The largest absolute Gasteiger partial charge is 0.492 e. The molecule has 25 heavy (non-hydrogen) atoms. The van der Waals surface area contributed by atoms with Crippen LogP contribution < -0.4 is 10.5 Å². The van der Waals surface area contributed by atoms with Crippen LogP contribution in [0.15, 0.2) is 30.3 Å². The highest BCUT2D eigenvalue weighted by atomic mass is 32.1. The molecule has 0 amide bonds. The Labute approximate surface area is 155 Å². The first-order valence-corrected chi connectivity index (χ1v) is 9.35. The van der Waals surface area contributed by atoms with Gasteiger partial charge < -0.3 is 15.6 Å². The lowest BCUT2D eigenvalue weighted by Crippen LogP contribution is -2.14. The van der Waals surface area contributed by atoms with Crippen molar-refractivity contribution < 1.29 is 14.6 Å². The van der Waals surface area contributed by atoms with Gasteiger partial charge in [-0.2, -0.15) is 0 Å². The summed E-state index contributed by atoms with van der Waals surface area (Å²) in [6, 6.07) is 7.75. The molecular formula is C20H27NO3S. The molecule has 0 fully saturated rings. The van der Waals surface area contributed by atoms with Gasteiger partial charge in [0.2, 0.25) is 0 Å². The molecule has 0 aromatic heterocycles. The molecular weight excluding hydrogens is 334 g/mol. The van der Waals surface area contributed by atoms with Gasteiger partial charge in [0.25, 0.3) is 0 Å². The maximum absolute atomic E-state index is 12.3. The van der Waals surface area contributed by atoms with E-state index in [2.05, 4.69) is 0 Å². The molecule has 0 aliphatic heterocycles. The summed E-state index contributed by atoms with van der Waals surface area (Å²) in [5.74, 6) is 1.08. The number of ketones is 1. The van der Waals surface area contributed by atoms with Gasteiger partial charge in [0.05, 0.1) is 0 Å². The lowest BCUT2D eigenvalue weighted by molar-refractivity contribution is -0.114. The second kappa shape index (κ2) is 10.4. The molecule has 1 aromatic carbocycles. The Morgan fingerprint density at radius 2 is 2.08 bits per heavy atom. The number of nitrogens with two attached hydrogens (primary N) is 1. The molecule has 1 unspecified atom stereocenters. The van der Waals surface area contributed by atoms with E-state index in [9.17, 15) is 9.90 Å². The lowest BCUT2D eigenvalue weighted by Gasteiger charge is -2.20. The third-order valence-electron chi connectivity index (χ3n) is 4.42. The van der Waals surface area contributed by atoms with E-state index < -0.39 is 0 Å². The first kappa shape index (κ1) is 19.8. The summed E-state index contributed by atoms with van der Waals surface area (Å²) in [7, 11) is 0.